The van der Waals surface area contributed by atoms with Crippen molar-refractivity contribution < 1.29 is 23.5 Å². The summed E-state index contributed by atoms with van der Waals surface area (Å²) in [4.78, 5) is 40.0. The summed E-state index contributed by atoms with van der Waals surface area (Å²) < 4.78 is 22.6. The second-order valence-electron chi connectivity index (χ2n) is 7.39. The van der Waals surface area contributed by atoms with E-state index >= 15 is 0 Å². The first kappa shape index (κ1) is 24.8. The number of aryl methyl sites for hydroxylation is 1. The van der Waals surface area contributed by atoms with Crippen LogP contribution in [-0.2, 0) is 9.53 Å². The van der Waals surface area contributed by atoms with E-state index in [0.717, 1.165) is 5.56 Å². The average molecular weight is 486 g/mol. The van der Waals surface area contributed by atoms with Gasteiger partial charge in [-0.1, -0.05) is 29.8 Å². The highest BCUT2D eigenvalue weighted by Gasteiger charge is 2.36. The Bertz CT molecular complexity index is 1180. The fourth-order valence-corrected chi connectivity index (χ4v) is 4.01. The Balaban J connectivity index is 2.16. The first-order chi connectivity index (χ1) is 16.2. The topological polar surface area (TPSA) is 141 Å². The van der Waals surface area contributed by atoms with Gasteiger partial charge in [-0.2, -0.15) is 4.37 Å². The molecule has 178 valence electrons. The summed E-state index contributed by atoms with van der Waals surface area (Å²) in [6.45, 7) is 2.33. The second kappa shape index (κ2) is 10.9. The molecule has 11 heteroatoms. The molecule has 0 aliphatic carbocycles. The number of carbonyl (C=O) groups is 3. The van der Waals surface area contributed by atoms with E-state index in [1.807, 2.05) is 6.92 Å². The largest absolute Gasteiger partial charge is 0.395 e. The maximum atomic E-state index is 13.8. The van der Waals surface area contributed by atoms with Crippen molar-refractivity contribution in [2.24, 2.45) is 5.73 Å². The van der Waals surface area contributed by atoms with Gasteiger partial charge in [-0.15, -0.1) is 0 Å². The number of nitrogens with one attached hydrogen (secondary N) is 1. The van der Waals surface area contributed by atoms with Crippen molar-refractivity contribution in [3.05, 3.63) is 76.0 Å². The van der Waals surface area contributed by atoms with Gasteiger partial charge in [0.1, 0.15) is 16.7 Å². The predicted molar refractivity (Wildman–Crippen MR) is 127 cm³/mol. The molecule has 2 aromatic carbocycles. The molecule has 0 saturated heterocycles. The summed E-state index contributed by atoms with van der Waals surface area (Å²) >= 11 is 0.708. The molecular weight excluding hydrogens is 461 g/mol. The number of carbonyl (C=O) groups excluding carboxylic acids is 3. The maximum absolute atomic E-state index is 13.8. The van der Waals surface area contributed by atoms with E-state index < -0.39 is 29.6 Å². The van der Waals surface area contributed by atoms with E-state index in [-0.39, 0.29) is 29.4 Å². The average Bonchev–Trinajstić information content (AvgIpc) is 3.20. The van der Waals surface area contributed by atoms with Crippen LogP contribution < -0.4 is 21.7 Å². The number of rotatable bonds is 9. The molecule has 1 heterocycles. The number of ether oxygens (including phenoxy) is 1. The van der Waals surface area contributed by atoms with Crippen LogP contribution in [0.3, 0.4) is 0 Å². The Morgan fingerprint density at radius 1 is 1.15 bits per heavy atom. The number of nitrogens with two attached hydrogens (primary N) is 2. The van der Waals surface area contributed by atoms with Gasteiger partial charge in [0.2, 0.25) is 5.91 Å². The zero-order valence-electron chi connectivity index (χ0n) is 18.6. The number of hydrogen-bond acceptors (Lipinski definition) is 7. The lowest BCUT2D eigenvalue weighted by Crippen LogP contribution is -2.44. The summed E-state index contributed by atoms with van der Waals surface area (Å²) in [5, 5.41) is 2.73. The third-order valence-corrected chi connectivity index (χ3v) is 5.84. The third-order valence-electron chi connectivity index (χ3n) is 4.98. The number of primary amides is 1. The van der Waals surface area contributed by atoms with Crippen LogP contribution in [0.5, 0.6) is 0 Å². The first-order valence-electron chi connectivity index (χ1n) is 10.2. The van der Waals surface area contributed by atoms with Crippen LogP contribution in [0.4, 0.5) is 15.8 Å². The Kier molecular flexibility index (Phi) is 7.92. The molecular formula is C23H24FN5O4S. The molecule has 0 unspecified atom stereocenters. The summed E-state index contributed by atoms with van der Waals surface area (Å²) in [7, 11) is 1.49. The van der Waals surface area contributed by atoms with Gasteiger partial charge in [-0.05, 0) is 48.3 Å². The third kappa shape index (κ3) is 5.38. The zero-order valence-corrected chi connectivity index (χ0v) is 19.4. The number of methoxy groups -OCH3 is 1. The fraction of sp³-hybridized carbons (Fsp3) is 0.217. The molecule has 34 heavy (non-hydrogen) atoms. The summed E-state index contributed by atoms with van der Waals surface area (Å²) in [6.07, 6.45) is 0. The number of hydrogen-bond donors (Lipinski definition) is 3. The van der Waals surface area contributed by atoms with Gasteiger partial charge < -0.3 is 21.5 Å². The van der Waals surface area contributed by atoms with Gasteiger partial charge in [-0.25, -0.2) is 4.39 Å². The quantitative estimate of drug-likeness (QED) is 0.398. The zero-order chi connectivity index (χ0) is 24.8. The smallest absolute Gasteiger partial charge is 0.273 e. The molecule has 0 bridgehead atoms. The highest BCUT2D eigenvalue weighted by molar-refractivity contribution is 7.09. The van der Waals surface area contributed by atoms with Crippen molar-refractivity contribution in [1.82, 2.24) is 9.69 Å². The van der Waals surface area contributed by atoms with Crippen molar-refractivity contribution in [3.8, 4) is 0 Å². The molecule has 0 saturated carbocycles. The molecule has 5 N–H and O–H groups in total. The molecule has 0 spiro atoms. The molecule has 1 atom stereocenters. The molecule has 0 radical (unpaired) electrons. The normalized spacial score (nSPS) is 11.6. The Hall–Kier alpha value is -3.83. The van der Waals surface area contributed by atoms with Crippen LogP contribution in [0.2, 0.25) is 0 Å². The molecule has 0 aliphatic heterocycles. The number of anilines is 2. The number of nitrogens with zero attached hydrogens (tertiary/aromatic N) is 2. The number of aromatic nitrogens is 1. The summed E-state index contributed by atoms with van der Waals surface area (Å²) in [5.74, 6) is -2.55. The SMILES string of the molecule is COCCNC(=O)[C@H](c1ccc(F)cc1)N(C(=O)c1snc(C(N)=O)c1N)c1ccc(C)cc1. The minimum atomic E-state index is -1.19. The van der Waals surface area contributed by atoms with Crippen LogP contribution in [-0.4, -0.2) is 42.4 Å². The molecule has 3 rings (SSSR count). The molecule has 0 aliphatic rings. The van der Waals surface area contributed by atoms with E-state index in [1.165, 1.54) is 36.3 Å². The van der Waals surface area contributed by atoms with Gasteiger partial charge >= 0.3 is 0 Å². The van der Waals surface area contributed by atoms with E-state index in [0.29, 0.717) is 22.8 Å². The van der Waals surface area contributed by atoms with Crippen LogP contribution in [0, 0.1) is 12.7 Å². The molecule has 9 nitrogen and oxygen atoms in total. The van der Waals surface area contributed by atoms with Gasteiger partial charge in [0, 0.05) is 19.3 Å². The molecule has 3 aromatic rings. The highest BCUT2D eigenvalue weighted by atomic mass is 32.1. The van der Waals surface area contributed by atoms with E-state index in [9.17, 15) is 18.8 Å². The maximum Gasteiger partial charge on any atom is 0.273 e. The minimum Gasteiger partial charge on any atom is -0.395 e. The lowest BCUT2D eigenvalue weighted by atomic mass is 10.0. The number of halogens is 1. The minimum absolute atomic E-state index is 0.0498. The predicted octanol–water partition coefficient (Wildman–Crippen LogP) is 2.42. The number of benzene rings is 2. The van der Waals surface area contributed by atoms with Crippen molar-refractivity contribution in [1.29, 1.82) is 0 Å². The second-order valence-corrected chi connectivity index (χ2v) is 8.16. The van der Waals surface area contributed by atoms with Gasteiger partial charge in [0.05, 0.1) is 12.3 Å². The lowest BCUT2D eigenvalue weighted by Gasteiger charge is -2.31. The molecule has 0 fully saturated rings. The molecule has 1 aromatic heterocycles. The Morgan fingerprint density at radius 2 is 1.79 bits per heavy atom. The Morgan fingerprint density at radius 3 is 2.35 bits per heavy atom. The van der Waals surface area contributed by atoms with Crippen LogP contribution >= 0.6 is 11.5 Å². The standard InChI is InChI=1S/C23H24FN5O4S/c1-13-3-9-16(10-4-13)29(23(32)20-17(25)18(21(26)30)28-34-20)19(22(31)27-11-12-33-2)14-5-7-15(24)8-6-14/h3-10,19H,11-12,25H2,1-2H3,(H2,26,30)(H,27,31)/t19-/m0/s1. The van der Waals surface area contributed by atoms with Gasteiger partial charge in [0.25, 0.3) is 11.8 Å². The van der Waals surface area contributed by atoms with E-state index in [4.69, 9.17) is 16.2 Å². The van der Waals surface area contributed by atoms with Crippen LogP contribution in [0.1, 0.15) is 37.3 Å². The van der Waals surface area contributed by atoms with Crippen LogP contribution in [0.15, 0.2) is 48.5 Å². The van der Waals surface area contributed by atoms with Gasteiger partial charge in [-0.3, -0.25) is 19.3 Å². The van der Waals surface area contributed by atoms with Crippen molar-refractivity contribution in [2.75, 3.05) is 30.9 Å². The lowest BCUT2D eigenvalue weighted by molar-refractivity contribution is -0.122. The van der Waals surface area contributed by atoms with Crippen molar-refractivity contribution in [2.45, 2.75) is 13.0 Å². The number of nitrogen functional groups attached to an aromatic ring is 1. The van der Waals surface area contributed by atoms with E-state index in [1.54, 1.807) is 24.3 Å². The van der Waals surface area contributed by atoms with E-state index in [2.05, 4.69) is 9.69 Å². The van der Waals surface area contributed by atoms with Crippen LogP contribution in [0.25, 0.3) is 0 Å². The number of amides is 3. The summed E-state index contributed by atoms with van der Waals surface area (Å²) in [6, 6.07) is 11.0. The van der Waals surface area contributed by atoms with Crippen molar-refractivity contribution in [3.63, 3.8) is 0 Å². The first-order valence-corrected chi connectivity index (χ1v) is 11.0. The monoisotopic (exact) mass is 485 g/mol. The van der Waals surface area contributed by atoms with Crippen molar-refractivity contribution >= 4 is 40.6 Å². The Labute approximate surface area is 199 Å². The van der Waals surface area contributed by atoms with Gasteiger partial charge in [0.15, 0.2) is 5.69 Å². The highest BCUT2D eigenvalue weighted by Crippen LogP contribution is 2.33. The summed E-state index contributed by atoms with van der Waals surface area (Å²) in [5.41, 5.74) is 12.6. The fourth-order valence-electron chi connectivity index (χ4n) is 3.26. The molecule has 3 amide bonds.